The van der Waals surface area contributed by atoms with Gasteiger partial charge in [-0.15, -0.1) is 0 Å². The molecule has 2 nitrogen and oxygen atoms in total. The predicted molar refractivity (Wildman–Crippen MR) is 69.9 cm³/mol. The summed E-state index contributed by atoms with van der Waals surface area (Å²) in [6.07, 6.45) is 2.60. The molecule has 1 aromatic carbocycles. The summed E-state index contributed by atoms with van der Waals surface area (Å²) in [5, 5.41) is 13.0. The number of aromatic hydroxyl groups is 1. The van der Waals surface area contributed by atoms with Gasteiger partial charge in [-0.1, -0.05) is 18.2 Å². The number of rotatable bonds is 4. The highest BCUT2D eigenvalue weighted by Gasteiger charge is 2.12. The van der Waals surface area contributed by atoms with Crippen LogP contribution in [-0.2, 0) is 5.75 Å². The van der Waals surface area contributed by atoms with Crippen LogP contribution in [0.3, 0.4) is 0 Å². The van der Waals surface area contributed by atoms with Crippen molar-refractivity contribution in [1.82, 2.24) is 5.32 Å². The van der Waals surface area contributed by atoms with Gasteiger partial charge in [0.1, 0.15) is 5.75 Å². The maximum Gasteiger partial charge on any atom is 0.119 e. The minimum Gasteiger partial charge on any atom is -0.508 e. The topological polar surface area (TPSA) is 32.3 Å². The molecule has 0 radical (unpaired) electrons. The van der Waals surface area contributed by atoms with E-state index >= 15 is 0 Å². The lowest BCUT2D eigenvalue weighted by molar-refractivity contribution is 0.408. The number of phenolic OH excluding ortho intramolecular Hbond substituents is 1. The van der Waals surface area contributed by atoms with Gasteiger partial charge < -0.3 is 10.4 Å². The van der Waals surface area contributed by atoms with E-state index in [-0.39, 0.29) is 0 Å². The Labute approximate surface area is 101 Å². The molecule has 3 heteroatoms. The Morgan fingerprint density at radius 1 is 1.25 bits per heavy atom. The predicted octanol–water partition coefficient (Wildman–Crippen LogP) is 2.63. The average Bonchev–Trinajstić information content (AvgIpc) is 2.33. The molecule has 0 aromatic heterocycles. The van der Waals surface area contributed by atoms with Crippen LogP contribution in [-0.4, -0.2) is 23.9 Å². The Balaban J connectivity index is 1.73. The zero-order valence-corrected chi connectivity index (χ0v) is 10.3. The van der Waals surface area contributed by atoms with Crippen LogP contribution < -0.4 is 5.32 Å². The molecule has 0 aliphatic carbocycles. The molecule has 1 aromatic rings. The fourth-order valence-corrected chi connectivity index (χ4v) is 3.27. The van der Waals surface area contributed by atoms with Crippen LogP contribution >= 0.6 is 11.8 Å². The number of phenols is 1. The normalized spacial score (nSPS) is 17.5. The molecule has 0 saturated carbocycles. The van der Waals surface area contributed by atoms with Crippen molar-refractivity contribution in [3.8, 4) is 5.75 Å². The number of piperidine rings is 1. The van der Waals surface area contributed by atoms with Crippen LogP contribution in [0.1, 0.15) is 18.4 Å². The number of nitrogens with one attached hydrogen (secondary N) is 1. The maximum atomic E-state index is 9.62. The van der Waals surface area contributed by atoms with Crippen molar-refractivity contribution in [2.45, 2.75) is 18.6 Å². The highest BCUT2D eigenvalue weighted by molar-refractivity contribution is 7.98. The molecule has 16 heavy (non-hydrogen) atoms. The highest BCUT2D eigenvalue weighted by atomic mass is 32.2. The van der Waals surface area contributed by atoms with Crippen LogP contribution in [0.4, 0.5) is 0 Å². The largest absolute Gasteiger partial charge is 0.508 e. The summed E-state index contributed by atoms with van der Waals surface area (Å²) < 4.78 is 0. The van der Waals surface area contributed by atoms with E-state index in [1.807, 2.05) is 30.0 Å². The Kier molecular flexibility index (Phi) is 4.55. The molecule has 0 unspecified atom stereocenters. The lowest BCUT2D eigenvalue weighted by atomic mass is 10.0. The van der Waals surface area contributed by atoms with Gasteiger partial charge in [-0.05, 0) is 43.7 Å². The quantitative estimate of drug-likeness (QED) is 0.844. The first-order chi connectivity index (χ1) is 7.86. The van der Waals surface area contributed by atoms with E-state index in [9.17, 15) is 5.11 Å². The maximum absolute atomic E-state index is 9.62. The molecule has 2 N–H and O–H groups in total. The lowest BCUT2D eigenvalue weighted by Crippen LogP contribution is -2.28. The number of para-hydroxylation sites is 1. The Morgan fingerprint density at radius 2 is 2.00 bits per heavy atom. The molecular formula is C13H19NOS. The van der Waals surface area contributed by atoms with E-state index < -0.39 is 0 Å². The van der Waals surface area contributed by atoms with Gasteiger partial charge in [0, 0.05) is 11.3 Å². The number of hydrogen-bond donors (Lipinski definition) is 2. The van der Waals surface area contributed by atoms with Crippen LogP contribution in [0.25, 0.3) is 0 Å². The van der Waals surface area contributed by atoms with E-state index in [1.165, 1.54) is 31.7 Å². The molecule has 1 fully saturated rings. The fraction of sp³-hybridized carbons (Fsp3) is 0.538. The van der Waals surface area contributed by atoms with Crippen molar-refractivity contribution in [1.29, 1.82) is 0 Å². The molecular weight excluding hydrogens is 218 g/mol. The summed E-state index contributed by atoms with van der Waals surface area (Å²) in [5.74, 6) is 3.43. The minimum absolute atomic E-state index is 0.431. The highest BCUT2D eigenvalue weighted by Crippen LogP contribution is 2.25. The van der Waals surface area contributed by atoms with Crippen molar-refractivity contribution in [3.05, 3.63) is 29.8 Å². The fourth-order valence-electron chi connectivity index (χ4n) is 2.02. The van der Waals surface area contributed by atoms with Gasteiger partial charge in [-0.3, -0.25) is 0 Å². The number of hydrogen-bond acceptors (Lipinski definition) is 3. The van der Waals surface area contributed by atoms with Gasteiger partial charge in [0.15, 0.2) is 0 Å². The smallest absolute Gasteiger partial charge is 0.119 e. The number of benzene rings is 1. The molecule has 1 aliphatic heterocycles. The van der Waals surface area contributed by atoms with Crippen molar-refractivity contribution in [2.24, 2.45) is 5.92 Å². The van der Waals surface area contributed by atoms with Gasteiger partial charge in [-0.2, -0.15) is 11.8 Å². The standard InChI is InChI=1S/C13H19NOS/c15-13-4-2-1-3-12(13)10-16-9-11-5-7-14-8-6-11/h1-4,11,14-15H,5-10H2. The van der Waals surface area contributed by atoms with Gasteiger partial charge in [0.25, 0.3) is 0 Å². The minimum atomic E-state index is 0.431. The van der Waals surface area contributed by atoms with E-state index in [1.54, 1.807) is 6.07 Å². The molecule has 1 saturated heterocycles. The van der Waals surface area contributed by atoms with Crippen molar-refractivity contribution in [2.75, 3.05) is 18.8 Å². The van der Waals surface area contributed by atoms with Gasteiger partial charge in [0.2, 0.25) is 0 Å². The summed E-state index contributed by atoms with van der Waals surface area (Å²) in [5.41, 5.74) is 1.06. The lowest BCUT2D eigenvalue weighted by Gasteiger charge is -2.22. The van der Waals surface area contributed by atoms with E-state index in [0.717, 1.165) is 17.2 Å². The second kappa shape index (κ2) is 6.16. The van der Waals surface area contributed by atoms with Gasteiger partial charge in [0.05, 0.1) is 0 Å². The SMILES string of the molecule is Oc1ccccc1CSCC1CCNCC1. The summed E-state index contributed by atoms with van der Waals surface area (Å²) in [6, 6.07) is 7.63. The summed E-state index contributed by atoms with van der Waals surface area (Å²) in [7, 11) is 0. The number of thioether (sulfide) groups is 1. The Bertz CT molecular complexity index is 323. The van der Waals surface area contributed by atoms with E-state index in [2.05, 4.69) is 5.32 Å². The van der Waals surface area contributed by atoms with Gasteiger partial charge >= 0.3 is 0 Å². The first-order valence-electron chi connectivity index (χ1n) is 5.91. The van der Waals surface area contributed by atoms with E-state index in [0.29, 0.717) is 5.75 Å². The first kappa shape index (κ1) is 11.8. The van der Waals surface area contributed by atoms with Crippen molar-refractivity contribution in [3.63, 3.8) is 0 Å². The van der Waals surface area contributed by atoms with Crippen LogP contribution in [0.15, 0.2) is 24.3 Å². The molecule has 1 heterocycles. The summed E-state index contributed by atoms with van der Waals surface area (Å²) in [4.78, 5) is 0. The molecule has 0 spiro atoms. The average molecular weight is 237 g/mol. The van der Waals surface area contributed by atoms with Gasteiger partial charge in [-0.25, -0.2) is 0 Å². The molecule has 0 bridgehead atoms. The third kappa shape index (κ3) is 3.42. The zero-order valence-electron chi connectivity index (χ0n) is 9.48. The van der Waals surface area contributed by atoms with E-state index in [4.69, 9.17) is 0 Å². The third-order valence-electron chi connectivity index (χ3n) is 3.06. The zero-order chi connectivity index (χ0) is 11.2. The first-order valence-corrected chi connectivity index (χ1v) is 7.07. The monoisotopic (exact) mass is 237 g/mol. The molecule has 2 rings (SSSR count). The Morgan fingerprint density at radius 3 is 2.75 bits per heavy atom. The summed E-state index contributed by atoms with van der Waals surface area (Å²) >= 11 is 1.94. The van der Waals surface area contributed by atoms with Crippen LogP contribution in [0.2, 0.25) is 0 Å². The molecule has 0 amide bonds. The second-order valence-electron chi connectivity index (χ2n) is 4.34. The van der Waals surface area contributed by atoms with Crippen molar-refractivity contribution >= 4 is 11.8 Å². The molecule has 0 atom stereocenters. The molecule has 88 valence electrons. The van der Waals surface area contributed by atoms with Crippen molar-refractivity contribution < 1.29 is 5.11 Å². The third-order valence-corrected chi connectivity index (χ3v) is 4.28. The molecule has 1 aliphatic rings. The Hall–Kier alpha value is -0.670. The summed E-state index contributed by atoms with van der Waals surface area (Å²) in [6.45, 7) is 2.34. The van der Waals surface area contributed by atoms with Crippen LogP contribution in [0, 0.1) is 5.92 Å². The van der Waals surface area contributed by atoms with Crippen LogP contribution in [0.5, 0.6) is 5.75 Å². The second-order valence-corrected chi connectivity index (χ2v) is 5.37.